The molecule has 2 aromatic rings. The summed E-state index contributed by atoms with van der Waals surface area (Å²) in [7, 11) is -3.52. The highest BCUT2D eigenvalue weighted by molar-refractivity contribution is 7.91. The molecule has 0 aliphatic carbocycles. The molecule has 1 saturated heterocycles. The smallest absolute Gasteiger partial charge is 0.376 e. The highest BCUT2D eigenvalue weighted by Crippen LogP contribution is 2.40. The van der Waals surface area contributed by atoms with Gasteiger partial charge in [-0.2, -0.15) is 13.2 Å². The van der Waals surface area contributed by atoms with Crippen LogP contribution in [-0.4, -0.2) is 54.9 Å². The number of halogens is 3. The van der Waals surface area contributed by atoms with Crippen LogP contribution in [0.1, 0.15) is 49.4 Å². The first-order valence-electron chi connectivity index (χ1n) is 11.7. The molecule has 2 aliphatic rings. The molecule has 37 heavy (non-hydrogen) atoms. The highest BCUT2D eigenvalue weighted by atomic mass is 32.2. The molecule has 4 rings (SSSR count). The predicted octanol–water partition coefficient (Wildman–Crippen LogP) is 3.45. The van der Waals surface area contributed by atoms with Crippen LogP contribution in [0.15, 0.2) is 47.4 Å². The van der Waals surface area contributed by atoms with Crippen LogP contribution in [0.5, 0.6) is 0 Å². The quantitative estimate of drug-likeness (QED) is 0.581. The summed E-state index contributed by atoms with van der Waals surface area (Å²) in [6, 6.07) is 7.85. The SMILES string of the molecule is CCS(=O)(=O)c1ccc2c(c1)CN(C(=O)C1CCCO1)C2C(=O)Nc1ccc(C(C)(O)C(F)(F)F)cc1. The highest BCUT2D eigenvalue weighted by Gasteiger charge is 2.51. The van der Waals surface area contributed by atoms with Gasteiger partial charge in [-0.15, -0.1) is 0 Å². The third-order valence-corrected chi connectivity index (χ3v) is 8.54. The van der Waals surface area contributed by atoms with E-state index in [-0.39, 0.29) is 22.9 Å². The number of amides is 2. The van der Waals surface area contributed by atoms with Gasteiger partial charge in [0.25, 0.3) is 11.8 Å². The molecule has 2 heterocycles. The second-order valence-electron chi connectivity index (χ2n) is 9.27. The molecule has 0 radical (unpaired) electrons. The van der Waals surface area contributed by atoms with Crippen molar-refractivity contribution < 1.29 is 41.0 Å². The van der Waals surface area contributed by atoms with Gasteiger partial charge in [-0.05, 0) is 60.7 Å². The molecule has 200 valence electrons. The Bertz CT molecular complexity index is 1300. The molecule has 2 amide bonds. The Morgan fingerprint density at radius 3 is 2.41 bits per heavy atom. The van der Waals surface area contributed by atoms with Crippen molar-refractivity contribution in [2.24, 2.45) is 0 Å². The third-order valence-electron chi connectivity index (χ3n) is 6.80. The number of nitrogens with zero attached hydrogens (tertiary/aromatic N) is 1. The van der Waals surface area contributed by atoms with E-state index in [0.717, 1.165) is 12.1 Å². The second kappa shape index (κ2) is 9.73. The average molecular weight is 541 g/mol. The summed E-state index contributed by atoms with van der Waals surface area (Å²) in [6.07, 6.45) is -4.41. The number of carbonyl (C=O) groups excluding carboxylic acids is 2. The van der Waals surface area contributed by atoms with E-state index in [4.69, 9.17) is 4.74 Å². The lowest BCUT2D eigenvalue weighted by Crippen LogP contribution is -2.42. The lowest BCUT2D eigenvalue weighted by atomic mass is 9.95. The number of hydrogen-bond acceptors (Lipinski definition) is 6. The van der Waals surface area contributed by atoms with Crippen molar-refractivity contribution in [3.05, 3.63) is 59.2 Å². The predicted molar refractivity (Wildman–Crippen MR) is 127 cm³/mol. The number of aliphatic hydroxyl groups is 1. The number of alkyl halides is 3. The Labute approximate surface area is 212 Å². The second-order valence-corrected chi connectivity index (χ2v) is 11.5. The summed E-state index contributed by atoms with van der Waals surface area (Å²) < 4.78 is 69.7. The summed E-state index contributed by atoms with van der Waals surface area (Å²) >= 11 is 0. The monoisotopic (exact) mass is 540 g/mol. The number of rotatable bonds is 6. The topological polar surface area (TPSA) is 113 Å². The fourth-order valence-electron chi connectivity index (χ4n) is 4.49. The van der Waals surface area contributed by atoms with Crippen LogP contribution in [0.25, 0.3) is 0 Å². The molecule has 2 aromatic carbocycles. The van der Waals surface area contributed by atoms with E-state index in [0.29, 0.717) is 37.5 Å². The first-order valence-corrected chi connectivity index (χ1v) is 13.4. The van der Waals surface area contributed by atoms with E-state index >= 15 is 0 Å². The van der Waals surface area contributed by atoms with Crippen molar-refractivity contribution in [3.63, 3.8) is 0 Å². The Balaban J connectivity index is 1.63. The molecule has 0 spiro atoms. The third kappa shape index (κ3) is 5.10. The lowest BCUT2D eigenvalue weighted by molar-refractivity contribution is -0.258. The molecular weight excluding hydrogens is 513 g/mol. The number of hydrogen-bond donors (Lipinski definition) is 2. The Morgan fingerprint density at radius 1 is 1.16 bits per heavy atom. The summed E-state index contributed by atoms with van der Waals surface area (Å²) in [6.45, 7) is 2.58. The Kier molecular flexibility index (Phi) is 7.12. The molecule has 3 unspecified atom stereocenters. The molecule has 1 fully saturated rings. The summed E-state index contributed by atoms with van der Waals surface area (Å²) in [5.74, 6) is -1.12. The van der Waals surface area contributed by atoms with Crippen molar-refractivity contribution in [2.75, 3.05) is 17.7 Å². The van der Waals surface area contributed by atoms with E-state index in [1.54, 1.807) is 0 Å². The van der Waals surface area contributed by atoms with E-state index in [9.17, 15) is 36.3 Å². The molecule has 2 aliphatic heterocycles. The van der Waals surface area contributed by atoms with E-state index in [1.807, 2.05) is 0 Å². The van der Waals surface area contributed by atoms with Gasteiger partial charge < -0.3 is 20.1 Å². The lowest BCUT2D eigenvalue weighted by Gasteiger charge is -2.27. The fraction of sp³-hybridized carbons (Fsp3) is 0.440. The minimum atomic E-state index is -4.89. The number of fused-ring (bicyclic) bond motifs is 1. The zero-order valence-corrected chi connectivity index (χ0v) is 21.0. The van der Waals surface area contributed by atoms with Crippen LogP contribution >= 0.6 is 0 Å². The summed E-state index contributed by atoms with van der Waals surface area (Å²) in [4.78, 5) is 28.1. The van der Waals surface area contributed by atoms with Gasteiger partial charge >= 0.3 is 6.18 Å². The first-order chi connectivity index (χ1) is 17.3. The fourth-order valence-corrected chi connectivity index (χ4v) is 5.42. The molecule has 0 saturated carbocycles. The number of nitrogens with one attached hydrogen (secondary N) is 1. The van der Waals surface area contributed by atoms with Gasteiger partial charge in [-0.25, -0.2) is 8.42 Å². The standard InChI is InChI=1S/C25H27F3N2O6S/c1-3-37(34,35)18-10-11-19-15(13-18)14-30(23(32)20-5-4-12-36-20)21(19)22(31)29-17-8-6-16(7-9-17)24(2,33)25(26,27)28/h6-11,13,20-21,33H,3-5,12,14H2,1-2H3,(H,29,31). The maximum atomic E-state index is 13.4. The van der Waals surface area contributed by atoms with Crippen molar-refractivity contribution in [2.45, 2.75) is 62.1 Å². The average Bonchev–Trinajstić information content (AvgIpc) is 3.51. The van der Waals surface area contributed by atoms with Crippen LogP contribution in [0, 0.1) is 0 Å². The van der Waals surface area contributed by atoms with Crippen molar-refractivity contribution in [3.8, 4) is 0 Å². The minimum absolute atomic E-state index is 0.00652. The number of benzene rings is 2. The summed E-state index contributed by atoms with van der Waals surface area (Å²) in [5, 5.41) is 12.5. The van der Waals surface area contributed by atoms with Crippen molar-refractivity contribution in [1.29, 1.82) is 0 Å². The van der Waals surface area contributed by atoms with Crippen LogP contribution in [-0.2, 0) is 36.3 Å². The van der Waals surface area contributed by atoms with Crippen molar-refractivity contribution in [1.82, 2.24) is 4.90 Å². The Morgan fingerprint density at radius 2 is 1.84 bits per heavy atom. The molecule has 0 bridgehead atoms. The first kappa shape index (κ1) is 27.1. The maximum absolute atomic E-state index is 13.4. The van der Waals surface area contributed by atoms with Crippen LogP contribution in [0.2, 0.25) is 0 Å². The van der Waals surface area contributed by atoms with Crippen LogP contribution < -0.4 is 5.32 Å². The van der Waals surface area contributed by atoms with Crippen LogP contribution in [0.4, 0.5) is 18.9 Å². The number of ether oxygens (including phenoxy) is 1. The molecule has 12 heteroatoms. The van der Waals surface area contributed by atoms with Gasteiger partial charge in [-0.1, -0.05) is 25.1 Å². The number of anilines is 1. The minimum Gasteiger partial charge on any atom is -0.376 e. The van der Waals surface area contributed by atoms with Gasteiger partial charge in [0.15, 0.2) is 15.4 Å². The zero-order valence-electron chi connectivity index (χ0n) is 20.2. The zero-order chi connectivity index (χ0) is 27.2. The number of sulfone groups is 1. The van der Waals surface area contributed by atoms with E-state index < -0.39 is 51.1 Å². The van der Waals surface area contributed by atoms with Gasteiger partial charge in [0.05, 0.1) is 10.6 Å². The van der Waals surface area contributed by atoms with E-state index in [1.165, 1.54) is 42.2 Å². The van der Waals surface area contributed by atoms with Gasteiger partial charge in [0.1, 0.15) is 12.1 Å². The summed E-state index contributed by atoms with van der Waals surface area (Å²) in [5.41, 5.74) is -2.34. The Hall–Kier alpha value is -2.96. The molecule has 8 nitrogen and oxygen atoms in total. The largest absolute Gasteiger partial charge is 0.421 e. The van der Waals surface area contributed by atoms with Gasteiger partial charge in [0, 0.05) is 18.8 Å². The normalized spacial score (nSPS) is 21.4. The van der Waals surface area contributed by atoms with Crippen molar-refractivity contribution >= 4 is 27.3 Å². The molecule has 3 atom stereocenters. The van der Waals surface area contributed by atoms with Crippen LogP contribution in [0.3, 0.4) is 0 Å². The maximum Gasteiger partial charge on any atom is 0.421 e. The van der Waals surface area contributed by atoms with E-state index in [2.05, 4.69) is 5.32 Å². The number of carbonyl (C=O) groups is 2. The van der Waals surface area contributed by atoms with Gasteiger partial charge in [-0.3, -0.25) is 9.59 Å². The molecule has 2 N–H and O–H groups in total. The molecular formula is C25H27F3N2O6S. The molecule has 0 aromatic heterocycles. The van der Waals surface area contributed by atoms with Gasteiger partial charge in [0.2, 0.25) is 0 Å².